The van der Waals surface area contributed by atoms with Gasteiger partial charge in [0.2, 0.25) is 0 Å². The smallest absolute Gasteiger partial charge is 0.0650 e. The highest BCUT2D eigenvalue weighted by molar-refractivity contribution is 5.20. The van der Waals surface area contributed by atoms with Gasteiger partial charge in [-0.05, 0) is 13.8 Å². The number of hydrogen-bond acceptors (Lipinski definition) is 1. The summed E-state index contributed by atoms with van der Waals surface area (Å²) in [6, 6.07) is 0. The van der Waals surface area contributed by atoms with E-state index in [-0.39, 0.29) is 0 Å². The molecule has 0 aliphatic rings. The van der Waals surface area contributed by atoms with Gasteiger partial charge in [0.1, 0.15) is 0 Å². The molecule has 0 aliphatic carbocycles. The summed E-state index contributed by atoms with van der Waals surface area (Å²) in [5, 5.41) is 0. The van der Waals surface area contributed by atoms with Crippen molar-refractivity contribution in [2.45, 2.75) is 13.8 Å². The van der Waals surface area contributed by atoms with Crippen LogP contribution in [0, 0.1) is 0 Å². The molecular weight excluding hydrogens is 136 g/mol. The average Bonchev–Trinajstić information content (AvgIpc) is 1.99. The zero-order valence-corrected chi connectivity index (χ0v) is 7.34. The van der Waals surface area contributed by atoms with E-state index in [9.17, 15) is 0 Å². The van der Waals surface area contributed by atoms with Gasteiger partial charge in [-0.3, -0.25) is 0 Å². The summed E-state index contributed by atoms with van der Waals surface area (Å²) in [6.45, 7) is 9.09. The molecule has 0 amide bonds. The molecule has 1 nitrogen and oxygen atoms in total. The Balaban J connectivity index is 3.56. The molecular formula is C10H16O. The Morgan fingerprint density at radius 2 is 2.27 bits per heavy atom. The minimum Gasteiger partial charge on any atom is -0.378 e. The van der Waals surface area contributed by atoms with Gasteiger partial charge in [0, 0.05) is 6.61 Å². The first-order chi connectivity index (χ1) is 5.31. The standard InChI is InChI=1S/C10H16O/c1-4-7-10(3)8-6-9-11-5-2/h4,6-8H,1,5,9H2,2-3H3/b8-6-,10-7-. The molecule has 0 bridgehead atoms. The van der Waals surface area contributed by atoms with Crippen molar-refractivity contribution in [3.8, 4) is 0 Å². The van der Waals surface area contributed by atoms with Crippen LogP contribution in [0.2, 0.25) is 0 Å². The summed E-state index contributed by atoms with van der Waals surface area (Å²) < 4.78 is 5.12. The van der Waals surface area contributed by atoms with Gasteiger partial charge in [0.25, 0.3) is 0 Å². The van der Waals surface area contributed by atoms with Crippen molar-refractivity contribution in [3.05, 3.63) is 36.5 Å². The Morgan fingerprint density at radius 1 is 1.55 bits per heavy atom. The van der Waals surface area contributed by atoms with Gasteiger partial charge < -0.3 is 4.74 Å². The van der Waals surface area contributed by atoms with Crippen LogP contribution in [0.1, 0.15) is 13.8 Å². The van der Waals surface area contributed by atoms with Crippen molar-refractivity contribution in [1.82, 2.24) is 0 Å². The Labute approximate surface area is 69.1 Å². The van der Waals surface area contributed by atoms with Crippen LogP contribution in [-0.4, -0.2) is 13.2 Å². The predicted molar refractivity (Wildman–Crippen MR) is 49.6 cm³/mol. The molecule has 1 heteroatoms. The fraction of sp³-hybridized carbons (Fsp3) is 0.400. The fourth-order valence-corrected chi connectivity index (χ4v) is 0.661. The van der Waals surface area contributed by atoms with Crippen LogP contribution >= 0.6 is 0 Å². The van der Waals surface area contributed by atoms with Crippen molar-refractivity contribution < 1.29 is 4.74 Å². The Morgan fingerprint density at radius 3 is 2.82 bits per heavy atom. The molecule has 0 spiro atoms. The summed E-state index contributed by atoms with van der Waals surface area (Å²) >= 11 is 0. The first-order valence-corrected chi connectivity index (χ1v) is 3.84. The molecule has 0 atom stereocenters. The zero-order valence-electron chi connectivity index (χ0n) is 7.34. The van der Waals surface area contributed by atoms with Crippen molar-refractivity contribution >= 4 is 0 Å². The fourth-order valence-electron chi connectivity index (χ4n) is 0.661. The van der Waals surface area contributed by atoms with Crippen LogP contribution in [0.15, 0.2) is 36.5 Å². The van der Waals surface area contributed by atoms with E-state index in [1.54, 1.807) is 6.08 Å². The second kappa shape index (κ2) is 7.29. The highest BCUT2D eigenvalue weighted by atomic mass is 16.5. The van der Waals surface area contributed by atoms with Crippen molar-refractivity contribution in [2.75, 3.05) is 13.2 Å². The van der Waals surface area contributed by atoms with Gasteiger partial charge in [-0.15, -0.1) is 0 Å². The maximum absolute atomic E-state index is 5.12. The lowest BCUT2D eigenvalue weighted by atomic mass is 10.2. The quantitative estimate of drug-likeness (QED) is 0.435. The lowest BCUT2D eigenvalue weighted by molar-refractivity contribution is 0.177. The van der Waals surface area contributed by atoms with Crippen LogP contribution in [0.3, 0.4) is 0 Å². The number of hydrogen-bond donors (Lipinski definition) is 0. The third-order valence-corrected chi connectivity index (χ3v) is 1.18. The topological polar surface area (TPSA) is 9.23 Å². The molecule has 0 aromatic rings. The van der Waals surface area contributed by atoms with E-state index in [1.165, 1.54) is 5.57 Å². The summed E-state index contributed by atoms with van der Waals surface area (Å²) in [4.78, 5) is 0. The summed E-state index contributed by atoms with van der Waals surface area (Å²) in [6.07, 6.45) is 7.76. The van der Waals surface area contributed by atoms with E-state index in [0.29, 0.717) is 6.61 Å². The van der Waals surface area contributed by atoms with E-state index in [1.807, 2.05) is 32.1 Å². The molecule has 0 aromatic carbocycles. The molecule has 0 heterocycles. The average molecular weight is 152 g/mol. The minimum atomic E-state index is 0.693. The van der Waals surface area contributed by atoms with Crippen molar-refractivity contribution in [3.63, 3.8) is 0 Å². The molecule has 0 aliphatic heterocycles. The first kappa shape index (κ1) is 10.2. The summed E-state index contributed by atoms with van der Waals surface area (Å²) in [5.74, 6) is 0. The molecule has 62 valence electrons. The number of ether oxygens (including phenoxy) is 1. The maximum Gasteiger partial charge on any atom is 0.0650 e. The lowest BCUT2D eigenvalue weighted by Crippen LogP contribution is -1.87. The van der Waals surface area contributed by atoms with Crippen LogP contribution in [0.4, 0.5) is 0 Å². The third-order valence-electron chi connectivity index (χ3n) is 1.18. The molecule has 0 fully saturated rings. The molecule has 0 radical (unpaired) electrons. The van der Waals surface area contributed by atoms with Gasteiger partial charge in [0.15, 0.2) is 0 Å². The second-order valence-electron chi connectivity index (χ2n) is 2.21. The molecule has 0 saturated heterocycles. The van der Waals surface area contributed by atoms with Crippen LogP contribution in [0.5, 0.6) is 0 Å². The van der Waals surface area contributed by atoms with Gasteiger partial charge in [-0.2, -0.15) is 0 Å². The van der Waals surface area contributed by atoms with Crippen molar-refractivity contribution in [2.24, 2.45) is 0 Å². The summed E-state index contributed by atoms with van der Waals surface area (Å²) in [7, 11) is 0. The molecule has 0 unspecified atom stereocenters. The Kier molecular flexibility index (Phi) is 6.75. The Bertz CT molecular complexity index is 154. The van der Waals surface area contributed by atoms with Gasteiger partial charge in [0.05, 0.1) is 6.61 Å². The highest BCUT2D eigenvalue weighted by Gasteiger charge is 1.78. The zero-order chi connectivity index (χ0) is 8.53. The molecule has 0 aromatic heterocycles. The first-order valence-electron chi connectivity index (χ1n) is 3.84. The van der Waals surface area contributed by atoms with Crippen LogP contribution in [0.25, 0.3) is 0 Å². The highest BCUT2D eigenvalue weighted by Crippen LogP contribution is 1.94. The number of allylic oxidation sites excluding steroid dienone is 4. The molecule has 0 saturated carbocycles. The van der Waals surface area contributed by atoms with E-state index in [4.69, 9.17) is 4.74 Å². The molecule has 0 N–H and O–H groups in total. The predicted octanol–water partition coefficient (Wildman–Crippen LogP) is 2.71. The third kappa shape index (κ3) is 7.07. The van der Waals surface area contributed by atoms with Gasteiger partial charge in [-0.1, -0.05) is 36.5 Å². The lowest BCUT2D eigenvalue weighted by Gasteiger charge is -1.92. The van der Waals surface area contributed by atoms with Crippen LogP contribution < -0.4 is 0 Å². The van der Waals surface area contributed by atoms with Gasteiger partial charge >= 0.3 is 0 Å². The largest absolute Gasteiger partial charge is 0.378 e. The molecule has 11 heavy (non-hydrogen) atoms. The number of rotatable bonds is 5. The van der Waals surface area contributed by atoms with Crippen molar-refractivity contribution in [1.29, 1.82) is 0 Å². The van der Waals surface area contributed by atoms with Gasteiger partial charge in [-0.25, -0.2) is 0 Å². The second-order valence-corrected chi connectivity index (χ2v) is 2.21. The van der Waals surface area contributed by atoms with E-state index < -0.39 is 0 Å². The molecule has 0 rings (SSSR count). The van der Waals surface area contributed by atoms with E-state index in [0.717, 1.165) is 6.61 Å². The van der Waals surface area contributed by atoms with E-state index in [2.05, 4.69) is 6.58 Å². The van der Waals surface area contributed by atoms with Crippen LogP contribution in [-0.2, 0) is 4.74 Å². The monoisotopic (exact) mass is 152 g/mol. The Hall–Kier alpha value is -0.820. The summed E-state index contributed by atoms with van der Waals surface area (Å²) in [5.41, 5.74) is 1.19. The SMILES string of the molecule is C=C/C=C(C)\C=C/COCC. The van der Waals surface area contributed by atoms with E-state index >= 15 is 0 Å². The minimum absolute atomic E-state index is 0.693. The maximum atomic E-state index is 5.12. The normalized spacial score (nSPS) is 12.4.